The Morgan fingerprint density at radius 3 is 2.64 bits per heavy atom. The van der Waals surface area contributed by atoms with Crippen LogP contribution in [0.3, 0.4) is 0 Å². The van der Waals surface area contributed by atoms with E-state index in [0.29, 0.717) is 11.7 Å². The van der Waals surface area contributed by atoms with Crippen LogP contribution in [0.5, 0.6) is 0 Å². The van der Waals surface area contributed by atoms with Gasteiger partial charge in [0.05, 0.1) is 24.5 Å². The molecule has 0 spiro atoms. The van der Waals surface area contributed by atoms with Crippen molar-refractivity contribution in [1.82, 2.24) is 14.4 Å². The largest absolute Gasteiger partial charge is 0.394 e. The normalized spacial score (nSPS) is 12.7. The number of hydrogen-bond acceptors (Lipinski definition) is 4. The van der Waals surface area contributed by atoms with Gasteiger partial charge in [0, 0.05) is 18.0 Å². The topological polar surface area (TPSA) is 62.5 Å². The molecular weight excluding hydrogens is 276 g/mol. The fraction of sp³-hybridized carbons (Fsp3) is 0.294. The predicted molar refractivity (Wildman–Crippen MR) is 87.8 cm³/mol. The zero-order valence-electron chi connectivity index (χ0n) is 12.8. The van der Waals surface area contributed by atoms with E-state index in [4.69, 9.17) is 0 Å². The van der Waals surface area contributed by atoms with Crippen molar-refractivity contribution < 1.29 is 5.11 Å². The van der Waals surface area contributed by atoms with Crippen molar-refractivity contribution in [2.45, 2.75) is 19.9 Å². The standard InChI is InChI=1S/C17H20N4O/c1-12(2)14(11-22)20-16-17-19-10-15(21(17)9-8-18-16)13-6-4-3-5-7-13/h3-10,12,14,22H,11H2,1-2H3,(H,18,20). The second-order valence-electron chi connectivity index (χ2n) is 5.66. The molecule has 0 radical (unpaired) electrons. The molecule has 0 amide bonds. The summed E-state index contributed by atoms with van der Waals surface area (Å²) in [6.45, 7) is 4.19. The summed E-state index contributed by atoms with van der Waals surface area (Å²) in [6, 6.07) is 10.1. The van der Waals surface area contributed by atoms with Gasteiger partial charge in [0.2, 0.25) is 0 Å². The van der Waals surface area contributed by atoms with Gasteiger partial charge in [-0.05, 0) is 5.92 Å². The maximum absolute atomic E-state index is 9.50. The highest BCUT2D eigenvalue weighted by Crippen LogP contribution is 2.23. The van der Waals surface area contributed by atoms with E-state index < -0.39 is 0 Å². The van der Waals surface area contributed by atoms with E-state index in [9.17, 15) is 5.11 Å². The molecular formula is C17H20N4O. The Labute approximate surface area is 129 Å². The maximum Gasteiger partial charge on any atom is 0.180 e. The Kier molecular flexibility index (Phi) is 4.06. The van der Waals surface area contributed by atoms with Crippen LogP contribution >= 0.6 is 0 Å². The lowest BCUT2D eigenvalue weighted by molar-refractivity contribution is 0.249. The Morgan fingerprint density at radius 1 is 1.18 bits per heavy atom. The number of nitrogens with one attached hydrogen (secondary N) is 1. The van der Waals surface area contributed by atoms with Crippen molar-refractivity contribution in [1.29, 1.82) is 0 Å². The van der Waals surface area contributed by atoms with E-state index >= 15 is 0 Å². The lowest BCUT2D eigenvalue weighted by Crippen LogP contribution is -2.30. The molecule has 5 nitrogen and oxygen atoms in total. The first-order chi connectivity index (χ1) is 10.7. The quantitative estimate of drug-likeness (QED) is 0.760. The lowest BCUT2D eigenvalue weighted by Gasteiger charge is -2.20. The molecule has 1 aromatic carbocycles. The second-order valence-corrected chi connectivity index (χ2v) is 5.66. The first-order valence-corrected chi connectivity index (χ1v) is 7.45. The van der Waals surface area contributed by atoms with E-state index in [1.165, 1.54) is 0 Å². The number of imidazole rings is 1. The molecule has 2 aromatic heterocycles. The molecule has 114 valence electrons. The van der Waals surface area contributed by atoms with Crippen molar-refractivity contribution in [3.05, 3.63) is 48.9 Å². The number of aliphatic hydroxyl groups excluding tert-OH is 1. The van der Waals surface area contributed by atoms with Gasteiger partial charge in [-0.25, -0.2) is 9.97 Å². The number of rotatable bonds is 5. The molecule has 0 saturated carbocycles. The molecule has 0 aliphatic heterocycles. The molecule has 1 unspecified atom stereocenters. The number of anilines is 1. The third kappa shape index (κ3) is 2.67. The first-order valence-electron chi connectivity index (χ1n) is 7.45. The Bertz CT molecular complexity index is 752. The van der Waals surface area contributed by atoms with Gasteiger partial charge in [-0.3, -0.25) is 4.40 Å². The summed E-state index contributed by atoms with van der Waals surface area (Å²) in [4.78, 5) is 8.88. The summed E-state index contributed by atoms with van der Waals surface area (Å²) >= 11 is 0. The van der Waals surface area contributed by atoms with Crippen molar-refractivity contribution in [3.8, 4) is 11.3 Å². The minimum absolute atomic E-state index is 0.0458. The molecule has 5 heteroatoms. The van der Waals surface area contributed by atoms with Gasteiger partial charge in [0.15, 0.2) is 11.5 Å². The Balaban J connectivity index is 2.02. The molecule has 22 heavy (non-hydrogen) atoms. The van der Waals surface area contributed by atoms with Crippen LogP contribution < -0.4 is 5.32 Å². The molecule has 0 aliphatic rings. The van der Waals surface area contributed by atoms with E-state index in [-0.39, 0.29) is 12.6 Å². The summed E-state index contributed by atoms with van der Waals surface area (Å²) in [5, 5.41) is 12.8. The monoisotopic (exact) mass is 296 g/mol. The summed E-state index contributed by atoms with van der Waals surface area (Å²) in [6.07, 6.45) is 5.50. The van der Waals surface area contributed by atoms with Gasteiger partial charge in [-0.15, -0.1) is 0 Å². The molecule has 0 saturated heterocycles. The van der Waals surface area contributed by atoms with Crippen molar-refractivity contribution in [3.63, 3.8) is 0 Å². The molecule has 0 aliphatic carbocycles. The SMILES string of the molecule is CC(C)C(CO)Nc1nccn2c(-c3ccccc3)cnc12. The van der Waals surface area contributed by atoms with E-state index in [2.05, 4.69) is 41.3 Å². The molecule has 1 atom stereocenters. The van der Waals surface area contributed by atoms with Crippen LogP contribution in [-0.4, -0.2) is 32.1 Å². The average molecular weight is 296 g/mol. The van der Waals surface area contributed by atoms with Crippen LogP contribution in [0.15, 0.2) is 48.9 Å². The van der Waals surface area contributed by atoms with Gasteiger partial charge in [-0.2, -0.15) is 0 Å². The van der Waals surface area contributed by atoms with E-state index in [1.807, 2.05) is 35.0 Å². The fourth-order valence-corrected chi connectivity index (χ4v) is 2.44. The summed E-state index contributed by atoms with van der Waals surface area (Å²) in [7, 11) is 0. The lowest BCUT2D eigenvalue weighted by atomic mass is 10.1. The van der Waals surface area contributed by atoms with Crippen molar-refractivity contribution in [2.24, 2.45) is 5.92 Å². The zero-order valence-corrected chi connectivity index (χ0v) is 12.8. The number of benzene rings is 1. The number of nitrogens with zero attached hydrogens (tertiary/aromatic N) is 3. The fourth-order valence-electron chi connectivity index (χ4n) is 2.44. The van der Waals surface area contributed by atoms with Crippen LogP contribution in [-0.2, 0) is 0 Å². The third-order valence-corrected chi connectivity index (χ3v) is 3.82. The van der Waals surface area contributed by atoms with Crippen LogP contribution in [0.1, 0.15) is 13.8 Å². The number of aliphatic hydroxyl groups is 1. The number of hydrogen-bond donors (Lipinski definition) is 2. The second kappa shape index (κ2) is 6.15. The van der Waals surface area contributed by atoms with Gasteiger partial charge in [0.25, 0.3) is 0 Å². The molecule has 2 heterocycles. The predicted octanol–water partition coefficient (Wildman–Crippen LogP) is 2.83. The minimum atomic E-state index is -0.0458. The Hall–Kier alpha value is -2.40. The molecule has 0 bridgehead atoms. The summed E-state index contributed by atoms with van der Waals surface area (Å²) in [5.74, 6) is 0.994. The zero-order chi connectivity index (χ0) is 15.5. The molecule has 3 rings (SSSR count). The van der Waals surface area contributed by atoms with Crippen molar-refractivity contribution >= 4 is 11.5 Å². The van der Waals surface area contributed by atoms with Crippen LogP contribution in [0.2, 0.25) is 0 Å². The highest BCUT2D eigenvalue weighted by molar-refractivity contribution is 5.70. The third-order valence-electron chi connectivity index (χ3n) is 3.82. The number of aromatic nitrogens is 3. The van der Waals surface area contributed by atoms with Gasteiger partial charge in [-0.1, -0.05) is 44.2 Å². The smallest absolute Gasteiger partial charge is 0.180 e. The van der Waals surface area contributed by atoms with Crippen LogP contribution in [0.4, 0.5) is 5.82 Å². The Morgan fingerprint density at radius 2 is 1.95 bits per heavy atom. The highest BCUT2D eigenvalue weighted by atomic mass is 16.3. The number of fused-ring (bicyclic) bond motifs is 1. The first kappa shape index (κ1) is 14.5. The highest BCUT2D eigenvalue weighted by Gasteiger charge is 2.16. The van der Waals surface area contributed by atoms with E-state index in [0.717, 1.165) is 16.9 Å². The molecule has 0 fully saturated rings. The molecule has 2 N–H and O–H groups in total. The average Bonchev–Trinajstić information content (AvgIpc) is 2.98. The van der Waals surface area contributed by atoms with Crippen LogP contribution in [0, 0.1) is 5.92 Å². The summed E-state index contributed by atoms with van der Waals surface area (Å²) in [5.41, 5.74) is 2.89. The molecule has 3 aromatic rings. The minimum Gasteiger partial charge on any atom is -0.394 e. The van der Waals surface area contributed by atoms with Gasteiger partial charge in [0.1, 0.15) is 0 Å². The summed E-state index contributed by atoms with van der Waals surface area (Å²) < 4.78 is 2.01. The van der Waals surface area contributed by atoms with Crippen LogP contribution in [0.25, 0.3) is 16.9 Å². The van der Waals surface area contributed by atoms with Crippen molar-refractivity contribution in [2.75, 3.05) is 11.9 Å². The van der Waals surface area contributed by atoms with E-state index in [1.54, 1.807) is 6.20 Å². The van der Waals surface area contributed by atoms with Gasteiger partial charge >= 0.3 is 0 Å². The maximum atomic E-state index is 9.50. The van der Waals surface area contributed by atoms with Gasteiger partial charge < -0.3 is 10.4 Å².